The molecule has 122 valence electrons. The summed E-state index contributed by atoms with van der Waals surface area (Å²) in [7, 11) is 0. The van der Waals surface area contributed by atoms with Crippen molar-refractivity contribution in [2.24, 2.45) is 0 Å². The molecule has 1 aromatic rings. The first kappa shape index (κ1) is 16.5. The van der Waals surface area contributed by atoms with Gasteiger partial charge in [0.1, 0.15) is 13.3 Å². The van der Waals surface area contributed by atoms with Gasteiger partial charge in [0.2, 0.25) is 0 Å². The molecule has 1 aromatic heterocycles. The van der Waals surface area contributed by atoms with Crippen LogP contribution in [0.2, 0.25) is 0 Å². The first-order valence-electron chi connectivity index (χ1n) is 7.23. The van der Waals surface area contributed by atoms with Crippen molar-refractivity contribution in [3.63, 3.8) is 0 Å². The fourth-order valence-electron chi connectivity index (χ4n) is 2.21. The Bertz CT molecular complexity index is 575. The third-order valence-electron chi connectivity index (χ3n) is 3.41. The third-order valence-corrected chi connectivity index (χ3v) is 3.41. The highest BCUT2D eigenvalue weighted by molar-refractivity contribution is 5.92. The van der Waals surface area contributed by atoms with Crippen LogP contribution < -0.4 is 0 Å². The van der Waals surface area contributed by atoms with Crippen LogP contribution in [-0.2, 0) is 22.5 Å². The predicted octanol–water partition coefficient (Wildman–Crippen LogP) is 1.33. The summed E-state index contributed by atoms with van der Waals surface area (Å²) in [4.78, 5) is 21.4. The summed E-state index contributed by atoms with van der Waals surface area (Å²) >= 11 is 0. The molecule has 22 heavy (non-hydrogen) atoms. The SMILES string of the molecule is C/C(CF)=C(\OCC(C)(C)O)C(=O)N1CCc2nc[nH]c2C1. The van der Waals surface area contributed by atoms with E-state index in [1.807, 2.05) is 0 Å². The van der Waals surface area contributed by atoms with Crippen molar-refractivity contribution >= 4 is 5.91 Å². The van der Waals surface area contributed by atoms with Gasteiger partial charge in [-0.1, -0.05) is 0 Å². The van der Waals surface area contributed by atoms with Gasteiger partial charge in [-0.25, -0.2) is 9.37 Å². The first-order valence-corrected chi connectivity index (χ1v) is 7.23. The topological polar surface area (TPSA) is 78.5 Å². The van der Waals surface area contributed by atoms with Gasteiger partial charge in [0.25, 0.3) is 5.91 Å². The average Bonchev–Trinajstić information content (AvgIpc) is 2.92. The second-order valence-electron chi connectivity index (χ2n) is 6.15. The largest absolute Gasteiger partial charge is 0.485 e. The number of aliphatic hydroxyl groups is 1. The van der Waals surface area contributed by atoms with Gasteiger partial charge in [0.15, 0.2) is 5.76 Å². The monoisotopic (exact) mass is 311 g/mol. The van der Waals surface area contributed by atoms with Gasteiger partial charge in [-0.3, -0.25) is 4.79 Å². The van der Waals surface area contributed by atoms with Gasteiger partial charge < -0.3 is 19.7 Å². The van der Waals surface area contributed by atoms with Crippen LogP contribution in [-0.4, -0.2) is 51.3 Å². The van der Waals surface area contributed by atoms with Crippen LogP contribution in [0.15, 0.2) is 17.7 Å². The number of aromatic amines is 1. The fraction of sp³-hybridized carbons (Fsp3) is 0.600. The Morgan fingerprint density at radius 1 is 1.59 bits per heavy atom. The van der Waals surface area contributed by atoms with Crippen LogP contribution in [0.1, 0.15) is 32.2 Å². The summed E-state index contributed by atoms with van der Waals surface area (Å²) in [5, 5.41) is 9.74. The molecule has 0 radical (unpaired) electrons. The molecule has 2 heterocycles. The molecule has 1 aliphatic heterocycles. The number of hydrogen-bond donors (Lipinski definition) is 2. The molecule has 2 rings (SSSR count). The maximum absolute atomic E-state index is 13.0. The van der Waals surface area contributed by atoms with E-state index in [0.29, 0.717) is 19.5 Å². The summed E-state index contributed by atoms with van der Waals surface area (Å²) in [6, 6.07) is 0. The van der Waals surface area contributed by atoms with E-state index in [1.165, 1.54) is 6.92 Å². The number of halogens is 1. The molecule has 0 atom stereocenters. The molecule has 6 nitrogen and oxygen atoms in total. The molecular weight excluding hydrogens is 289 g/mol. The van der Waals surface area contributed by atoms with Crippen molar-refractivity contribution < 1.29 is 19.0 Å². The standard InChI is InChI=1S/C15H22FN3O3/c1-10(6-16)13(22-8-15(2,3)21)14(20)19-5-4-11-12(7-19)18-9-17-11/h9,21H,4-8H2,1-3H3,(H,17,18)/b13-10+. The van der Waals surface area contributed by atoms with E-state index in [-0.39, 0.29) is 23.8 Å². The fourth-order valence-corrected chi connectivity index (χ4v) is 2.21. The average molecular weight is 311 g/mol. The van der Waals surface area contributed by atoms with E-state index < -0.39 is 12.3 Å². The molecule has 0 unspecified atom stereocenters. The molecular formula is C15H22FN3O3. The molecule has 0 aromatic carbocycles. The lowest BCUT2D eigenvalue weighted by Gasteiger charge is -2.28. The number of H-pyrrole nitrogens is 1. The Balaban J connectivity index is 2.13. The number of alkyl halides is 1. The molecule has 0 bridgehead atoms. The summed E-state index contributed by atoms with van der Waals surface area (Å²) in [5.41, 5.74) is 0.971. The number of nitrogens with zero attached hydrogens (tertiary/aromatic N) is 2. The van der Waals surface area contributed by atoms with Gasteiger partial charge in [-0.2, -0.15) is 0 Å². The maximum Gasteiger partial charge on any atom is 0.289 e. The zero-order chi connectivity index (χ0) is 16.3. The minimum absolute atomic E-state index is 0.0207. The van der Waals surface area contributed by atoms with Gasteiger partial charge in [-0.15, -0.1) is 0 Å². The zero-order valence-corrected chi connectivity index (χ0v) is 13.1. The van der Waals surface area contributed by atoms with Crippen LogP contribution in [0.3, 0.4) is 0 Å². The van der Waals surface area contributed by atoms with Crippen molar-refractivity contribution in [3.8, 4) is 0 Å². The number of imidazole rings is 1. The van der Waals surface area contributed by atoms with Gasteiger partial charge in [-0.05, 0) is 20.8 Å². The molecule has 2 N–H and O–H groups in total. The number of nitrogens with one attached hydrogen (secondary N) is 1. The van der Waals surface area contributed by atoms with E-state index in [1.54, 1.807) is 25.1 Å². The first-order chi connectivity index (χ1) is 10.3. The lowest BCUT2D eigenvalue weighted by Crippen LogP contribution is -2.39. The van der Waals surface area contributed by atoms with Gasteiger partial charge in [0.05, 0.1) is 29.9 Å². The van der Waals surface area contributed by atoms with E-state index >= 15 is 0 Å². The lowest BCUT2D eigenvalue weighted by atomic mass is 10.1. The van der Waals surface area contributed by atoms with Crippen molar-refractivity contribution in [3.05, 3.63) is 29.0 Å². The minimum Gasteiger partial charge on any atom is -0.485 e. The molecule has 0 saturated heterocycles. The van der Waals surface area contributed by atoms with Crippen LogP contribution in [0.25, 0.3) is 0 Å². The number of ether oxygens (including phenoxy) is 1. The molecule has 1 aliphatic rings. The number of amides is 1. The predicted molar refractivity (Wildman–Crippen MR) is 78.6 cm³/mol. The minimum atomic E-state index is -1.10. The van der Waals surface area contributed by atoms with E-state index in [9.17, 15) is 14.3 Å². The molecule has 0 spiro atoms. The van der Waals surface area contributed by atoms with Crippen molar-refractivity contribution in [2.45, 2.75) is 39.3 Å². The van der Waals surface area contributed by atoms with Crippen molar-refractivity contribution in [1.29, 1.82) is 0 Å². The second-order valence-corrected chi connectivity index (χ2v) is 6.15. The quantitative estimate of drug-likeness (QED) is 0.635. The normalized spacial score (nSPS) is 16.1. The Labute approximate surface area is 129 Å². The van der Waals surface area contributed by atoms with Crippen LogP contribution in [0.4, 0.5) is 4.39 Å². The number of carbonyl (C=O) groups excluding carboxylic acids is 1. The number of carbonyl (C=O) groups is 1. The molecule has 7 heteroatoms. The molecule has 0 fully saturated rings. The van der Waals surface area contributed by atoms with Crippen LogP contribution >= 0.6 is 0 Å². The van der Waals surface area contributed by atoms with Gasteiger partial charge in [0, 0.05) is 18.5 Å². The Morgan fingerprint density at radius 2 is 2.32 bits per heavy atom. The van der Waals surface area contributed by atoms with Crippen LogP contribution in [0.5, 0.6) is 0 Å². The maximum atomic E-state index is 13.0. The summed E-state index contributed by atoms with van der Waals surface area (Å²) in [6.07, 6.45) is 2.25. The van der Waals surface area contributed by atoms with Crippen molar-refractivity contribution in [2.75, 3.05) is 19.8 Å². The van der Waals surface area contributed by atoms with Crippen LogP contribution in [0, 0.1) is 0 Å². The molecule has 1 amide bonds. The highest BCUT2D eigenvalue weighted by atomic mass is 19.1. The summed E-state index contributed by atoms with van der Waals surface area (Å²) in [6.45, 7) is 4.71. The van der Waals surface area contributed by atoms with E-state index in [4.69, 9.17) is 4.74 Å². The smallest absolute Gasteiger partial charge is 0.289 e. The zero-order valence-electron chi connectivity index (χ0n) is 13.1. The summed E-state index contributed by atoms with van der Waals surface area (Å²) < 4.78 is 18.4. The molecule has 0 aliphatic carbocycles. The highest BCUT2D eigenvalue weighted by Crippen LogP contribution is 2.20. The molecule has 0 saturated carbocycles. The number of allylic oxidation sites excluding steroid dienone is 1. The highest BCUT2D eigenvalue weighted by Gasteiger charge is 2.28. The van der Waals surface area contributed by atoms with Gasteiger partial charge >= 0.3 is 0 Å². The Hall–Kier alpha value is -1.89. The Morgan fingerprint density at radius 3 is 2.95 bits per heavy atom. The van der Waals surface area contributed by atoms with E-state index in [0.717, 1.165) is 11.4 Å². The lowest BCUT2D eigenvalue weighted by molar-refractivity contribution is -0.133. The van der Waals surface area contributed by atoms with E-state index in [2.05, 4.69) is 9.97 Å². The number of rotatable bonds is 5. The number of hydrogen-bond acceptors (Lipinski definition) is 4. The second kappa shape index (κ2) is 6.48. The third kappa shape index (κ3) is 3.85. The number of aromatic nitrogens is 2. The van der Waals surface area contributed by atoms with Crippen molar-refractivity contribution in [1.82, 2.24) is 14.9 Å². The summed E-state index contributed by atoms with van der Waals surface area (Å²) in [5.74, 6) is -0.382. The number of fused-ring (bicyclic) bond motifs is 1. The Kier molecular flexibility index (Phi) is 4.85.